The summed E-state index contributed by atoms with van der Waals surface area (Å²) < 4.78 is 0. The molecule has 0 aliphatic carbocycles. The van der Waals surface area contributed by atoms with E-state index in [2.05, 4.69) is 5.32 Å². The first-order valence-electron chi connectivity index (χ1n) is 9.74. The molecule has 2 saturated heterocycles. The normalized spacial score (nSPS) is 28.1. The molecule has 156 valence electrons. The van der Waals surface area contributed by atoms with Gasteiger partial charge in [0, 0.05) is 16.6 Å². The Morgan fingerprint density at radius 2 is 1.90 bits per heavy atom. The van der Waals surface area contributed by atoms with Crippen molar-refractivity contribution in [2.45, 2.75) is 31.3 Å². The fourth-order valence-corrected chi connectivity index (χ4v) is 5.00. The number of carboxylic acid groups (broad SMARTS) is 1. The summed E-state index contributed by atoms with van der Waals surface area (Å²) in [6.45, 7) is 1.82. The summed E-state index contributed by atoms with van der Waals surface area (Å²) >= 11 is 6.05. The molecule has 30 heavy (non-hydrogen) atoms. The lowest BCUT2D eigenvalue weighted by Crippen LogP contribution is -2.55. The molecule has 2 fully saturated rings. The molecular formula is C22H21ClN2O5. The molecule has 0 radical (unpaired) electrons. The Balaban J connectivity index is 1.88. The number of rotatable bonds is 5. The van der Waals surface area contributed by atoms with Gasteiger partial charge in [0.05, 0.1) is 17.5 Å². The summed E-state index contributed by atoms with van der Waals surface area (Å²) in [5.41, 5.74) is -0.925. The molecule has 4 rings (SSSR count). The third kappa shape index (κ3) is 2.88. The van der Waals surface area contributed by atoms with Crippen molar-refractivity contribution < 1.29 is 24.6 Å². The zero-order valence-corrected chi connectivity index (χ0v) is 17.0. The number of nitrogens with one attached hydrogen (secondary N) is 1. The molecule has 2 aliphatic heterocycles. The van der Waals surface area contributed by atoms with Crippen LogP contribution in [-0.2, 0) is 14.4 Å². The molecule has 2 aromatic carbocycles. The van der Waals surface area contributed by atoms with Crippen LogP contribution in [0.1, 0.15) is 31.4 Å². The van der Waals surface area contributed by atoms with Gasteiger partial charge in [-0.05, 0) is 30.7 Å². The number of phenolic OH excluding ortho intramolecular Hbond substituents is 1. The van der Waals surface area contributed by atoms with Crippen molar-refractivity contribution in [2.24, 2.45) is 11.8 Å². The van der Waals surface area contributed by atoms with Crippen LogP contribution >= 0.6 is 11.6 Å². The predicted molar refractivity (Wildman–Crippen MR) is 110 cm³/mol. The Hall–Kier alpha value is -2.90. The van der Waals surface area contributed by atoms with Crippen LogP contribution in [0, 0.1) is 11.8 Å². The first kappa shape index (κ1) is 20.4. The van der Waals surface area contributed by atoms with Crippen LogP contribution in [0.4, 0.5) is 5.69 Å². The summed E-state index contributed by atoms with van der Waals surface area (Å²) in [6, 6.07) is 12.0. The van der Waals surface area contributed by atoms with Crippen LogP contribution in [0.3, 0.4) is 0 Å². The topological polar surface area (TPSA) is 107 Å². The number of aromatic hydroxyl groups is 1. The highest BCUT2D eigenvalue weighted by Crippen LogP contribution is 2.52. The maximum Gasteiger partial charge on any atom is 0.324 e. The monoisotopic (exact) mass is 428 g/mol. The quantitative estimate of drug-likeness (QED) is 0.632. The standard InChI is InChI=1S/C22H21ClN2O5/c1-2-10-22(21(29)30)17-16(18(24-22)14-8-3-4-9-15(14)26)19(27)25(20(17)28)13-7-5-6-12(23)11-13/h3-9,11,16-18,24,26H,2,10H2,1H3,(H,29,30)/t16-,17-,18-,22+/m1/s1. The number of carbonyl (C=O) groups is 3. The molecule has 3 N–H and O–H groups in total. The van der Waals surface area contributed by atoms with Crippen LogP contribution in [0.25, 0.3) is 0 Å². The molecule has 0 bridgehead atoms. The number of carboxylic acids is 1. The number of hydrogen-bond donors (Lipinski definition) is 3. The van der Waals surface area contributed by atoms with Gasteiger partial charge in [-0.2, -0.15) is 0 Å². The second-order valence-electron chi connectivity index (χ2n) is 7.70. The van der Waals surface area contributed by atoms with Gasteiger partial charge in [-0.3, -0.25) is 19.7 Å². The largest absolute Gasteiger partial charge is 0.508 e. The van der Waals surface area contributed by atoms with Gasteiger partial charge in [-0.1, -0.05) is 49.2 Å². The molecular weight excluding hydrogens is 408 g/mol. The van der Waals surface area contributed by atoms with Gasteiger partial charge in [0.15, 0.2) is 0 Å². The highest BCUT2D eigenvalue weighted by Gasteiger charge is 2.68. The fraction of sp³-hybridized carbons (Fsp3) is 0.318. The number of hydrogen-bond acceptors (Lipinski definition) is 5. The SMILES string of the molecule is CCC[C@]1(C(=O)O)N[C@H](c2ccccc2O)[C@@H]2C(=O)N(c3cccc(Cl)c3)C(=O)[C@@H]21. The number of imide groups is 1. The molecule has 7 nitrogen and oxygen atoms in total. The van der Waals surface area contributed by atoms with E-state index < -0.39 is 41.2 Å². The maximum atomic E-state index is 13.5. The van der Waals surface area contributed by atoms with E-state index in [0.717, 1.165) is 4.90 Å². The summed E-state index contributed by atoms with van der Waals surface area (Å²) in [6.07, 6.45) is 0.657. The highest BCUT2D eigenvalue weighted by atomic mass is 35.5. The van der Waals surface area contributed by atoms with Crippen molar-refractivity contribution in [2.75, 3.05) is 4.90 Å². The van der Waals surface area contributed by atoms with Crippen LogP contribution in [0.5, 0.6) is 5.75 Å². The van der Waals surface area contributed by atoms with Crippen LogP contribution in [0.15, 0.2) is 48.5 Å². The molecule has 0 spiro atoms. The number of aliphatic carboxylic acids is 1. The lowest BCUT2D eigenvalue weighted by molar-refractivity contribution is -0.149. The molecule has 2 amide bonds. The molecule has 0 saturated carbocycles. The molecule has 0 aromatic heterocycles. The van der Waals surface area contributed by atoms with Crippen LogP contribution < -0.4 is 10.2 Å². The number of amides is 2. The Kier molecular flexibility index (Phi) is 5.03. The Morgan fingerprint density at radius 3 is 2.53 bits per heavy atom. The summed E-state index contributed by atoms with van der Waals surface area (Å²) in [7, 11) is 0. The van der Waals surface area contributed by atoms with Crippen molar-refractivity contribution in [3.63, 3.8) is 0 Å². The molecule has 4 atom stereocenters. The lowest BCUT2D eigenvalue weighted by atomic mass is 9.77. The van der Waals surface area contributed by atoms with E-state index in [-0.39, 0.29) is 12.2 Å². The van der Waals surface area contributed by atoms with E-state index in [1.54, 1.807) is 36.4 Å². The summed E-state index contributed by atoms with van der Waals surface area (Å²) in [5.74, 6) is -4.40. The van der Waals surface area contributed by atoms with Gasteiger partial charge in [-0.15, -0.1) is 0 Å². The zero-order valence-electron chi connectivity index (χ0n) is 16.2. The van der Waals surface area contributed by atoms with Gasteiger partial charge < -0.3 is 10.2 Å². The van der Waals surface area contributed by atoms with Crippen LogP contribution in [-0.4, -0.2) is 33.5 Å². The first-order chi connectivity index (χ1) is 14.3. The number of halogens is 1. The zero-order chi connectivity index (χ0) is 21.6. The number of benzene rings is 2. The first-order valence-corrected chi connectivity index (χ1v) is 10.1. The van der Waals surface area contributed by atoms with E-state index in [4.69, 9.17) is 11.6 Å². The van der Waals surface area contributed by atoms with Gasteiger partial charge in [0.25, 0.3) is 0 Å². The third-order valence-corrected chi connectivity index (χ3v) is 6.25. The lowest BCUT2D eigenvalue weighted by Gasteiger charge is -2.31. The molecule has 0 unspecified atom stereocenters. The van der Waals surface area contributed by atoms with Crippen molar-refractivity contribution >= 4 is 35.1 Å². The summed E-state index contributed by atoms with van der Waals surface area (Å²) in [4.78, 5) is 40.4. The second-order valence-corrected chi connectivity index (χ2v) is 8.14. The Morgan fingerprint density at radius 1 is 1.17 bits per heavy atom. The van der Waals surface area contributed by atoms with E-state index >= 15 is 0 Å². The molecule has 8 heteroatoms. The van der Waals surface area contributed by atoms with E-state index in [9.17, 15) is 24.6 Å². The fourth-order valence-electron chi connectivity index (χ4n) is 4.82. The highest BCUT2D eigenvalue weighted by molar-refractivity contribution is 6.31. The molecule has 2 aliphatic rings. The minimum absolute atomic E-state index is 0.0621. The number of anilines is 1. The average Bonchev–Trinajstić information content (AvgIpc) is 3.17. The third-order valence-electron chi connectivity index (χ3n) is 6.02. The number of carbonyl (C=O) groups excluding carboxylic acids is 2. The van der Waals surface area contributed by atoms with Gasteiger partial charge in [-0.25, -0.2) is 4.90 Å². The van der Waals surface area contributed by atoms with Crippen molar-refractivity contribution in [3.05, 3.63) is 59.1 Å². The van der Waals surface area contributed by atoms with E-state index in [1.807, 2.05) is 6.92 Å². The van der Waals surface area contributed by atoms with Crippen molar-refractivity contribution in [3.8, 4) is 5.75 Å². The molecule has 2 heterocycles. The number of para-hydroxylation sites is 1. The smallest absolute Gasteiger partial charge is 0.324 e. The Bertz CT molecular complexity index is 1040. The predicted octanol–water partition coefficient (Wildman–Crippen LogP) is 3.12. The number of fused-ring (bicyclic) bond motifs is 1. The molecule has 2 aromatic rings. The van der Waals surface area contributed by atoms with Crippen LogP contribution in [0.2, 0.25) is 5.02 Å². The Labute approximate surface area is 178 Å². The minimum Gasteiger partial charge on any atom is -0.508 e. The van der Waals surface area contributed by atoms with E-state index in [1.165, 1.54) is 12.1 Å². The second kappa shape index (κ2) is 7.41. The number of nitrogens with zero attached hydrogens (tertiary/aromatic N) is 1. The average molecular weight is 429 g/mol. The minimum atomic E-state index is -1.62. The number of phenols is 1. The maximum absolute atomic E-state index is 13.5. The van der Waals surface area contributed by atoms with Gasteiger partial charge in [0.2, 0.25) is 11.8 Å². The van der Waals surface area contributed by atoms with Gasteiger partial charge in [0.1, 0.15) is 11.3 Å². The van der Waals surface area contributed by atoms with Crippen molar-refractivity contribution in [1.82, 2.24) is 5.32 Å². The van der Waals surface area contributed by atoms with Gasteiger partial charge >= 0.3 is 5.97 Å². The van der Waals surface area contributed by atoms with Crippen molar-refractivity contribution in [1.29, 1.82) is 0 Å². The summed E-state index contributed by atoms with van der Waals surface area (Å²) in [5, 5.41) is 24.0. The van der Waals surface area contributed by atoms with E-state index in [0.29, 0.717) is 22.7 Å².